The van der Waals surface area contributed by atoms with E-state index in [1.54, 1.807) is 17.4 Å². The highest BCUT2D eigenvalue weighted by atomic mass is 16.6. The normalized spacial score (nSPS) is 21.6. The van der Waals surface area contributed by atoms with Crippen molar-refractivity contribution in [3.05, 3.63) is 24.2 Å². The van der Waals surface area contributed by atoms with Gasteiger partial charge in [-0.25, -0.2) is 4.79 Å². The van der Waals surface area contributed by atoms with Gasteiger partial charge >= 0.3 is 6.09 Å². The summed E-state index contributed by atoms with van der Waals surface area (Å²) in [5, 5.41) is 0. The zero-order chi connectivity index (χ0) is 18.4. The molecule has 142 valence electrons. The minimum atomic E-state index is -0.482. The zero-order valence-electron chi connectivity index (χ0n) is 16.3. The second-order valence-electron chi connectivity index (χ2n) is 7.93. The van der Waals surface area contributed by atoms with E-state index in [2.05, 4.69) is 13.8 Å². The van der Waals surface area contributed by atoms with E-state index in [1.165, 1.54) is 0 Å². The molecule has 1 amide bonds. The first kappa shape index (κ1) is 19.8. The molecule has 2 heterocycles. The fraction of sp³-hybridized carbons (Fsp3) is 0.750. The van der Waals surface area contributed by atoms with Gasteiger partial charge in [-0.15, -0.1) is 0 Å². The summed E-state index contributed by atoms with van der Waals surface area (Å²) in [4.78, 5) is 14.2. The van der Waals surface area contributed by atoms with Crippen molar-refractivity contribution >= 4 is 6.09 Å². The number of piperidine rings is 1. The molecular formula is C20H33NO4. The largest absolute Gasteiger partial charge is 0.472 e. The molecule has 0 aromatic carbocycles. The van der Waals surface area contributed by atoms with Crippen LogP contribution in [-0.2, 0) is 9.47 Å². The number of furan rings is 1. The minimum absolute atomic E-state index is 0.0283. The van der Waals surface area contributed by atoms with Crippen LogP contribution in [-0.4, -0.2) is 42.4 Å². The standard InChI is InChI=1S/C20H33NO4/c1-6-15(7-2)13-24-18-12-21(19(22)25-20(3,4)5)10-8-17(18)16-9-11-23-14-16/h9,11,14-15,17-18H,6-8,10,12-13H2,1-5H3. The maximum Gasteiger partial charge on any atom is 0.410 e. The molecule has 0 bridgehead atoms. The van der Waals surface area contributed by atoms with Crippen LogP contribution in [0.4, 0.5) is 4.79 Å². The first-order valence-electron chi connectivity index (χ1n) is 9.45. The van der Waals surface area contributed by atoms with Crippen LogP contribution in [0.25, 0.3) is 0 Å². The molecule has 1 aliphatic rings. The van der Waals surface area contributed by atoms with Crippen molar-refractivity contribution in [1.29, 1.82) is 0 Å². The Morgan fingerprint density at radius 2 is 2.08 bits per heavy atom. The fourth-order valence-electron chi connectivity index (χ4n) is 3.23. The maximum absolute atomic E-state index is 12.4. The summed E-state index contributed by atoms with van der Waals surface area (Å²) in [7, 11) is 0. The fourth-order valence-corrected chi connectivity index (χ4v) is 3.23. The molecule has 2 unspecified atom stereocenters. The van der Waals surface area contributed by atoms with E-state index in [0.29, 0.717) is 19.0 Å². The van der Waals surface area contributed by atoms with E-state index in [0.717, 1.165) is 31.4 Å². The average molecular weight is 351 g/mol. The molecule has 0 N–H and O–H groups in total. The van der Waals surface area contributed by atoms with Crippen LogP contribution in [0, 0.1) is 5.92 Å². The lowest BCUT2D eigenvalue weighted by Gasteiger charge is -2.39. The smallest absolute Gasteiger partial charge is 0.410 e. The van der Waals surface area contributed by atoms with Gasteiger partial charge < -0.3 is 18.8 Å². The van der Waals surface area contributed by atoms with E-state index in [1.807, 2.05) is 26.8 Å². The van der Waals surface area contributed by atoms with Crippen LogP contribution in [0.5, 0.6) is 0 Å². The number of nitrogens with zero attached hydrogens (tertiary/aromatic N) is 1. The molecule has 1 aromatic heterocycles. The van der Waals surface area contributed by atoms with E-state index in [-0.39, 0.29) is 18.1 Å². The van der Waals surface area contributed by atoms with Gasteiger partial charge in [0.25, 0.3) is 0 Å². The Hall–Kier alpha value is -1.49. The van der Waals surface area contributed by atoms with E-state index < -0.39 is 5.60 Å². The Bertz CT molecular complexity index is 516. The van der Waals surface area contributed by atoms with Gasteiger partial charge in [0, 0.05) is 19.1 Å². The number of hydrogen-bond acceptors (Lipinski definition) is 4. The summed E-state index contributed by atoms with van der Waals surface area (Å²) in [5.41, 5.74) is 0.669. The average Bonchev–Trinajstić information content (AvgIpc) is 3.08. The lowest BCUT2D eigenvalue weighted by atomic mass is 9.88. The van der Waals surface area contributed by atoms with E-state index in [9.17, 15) is 4.79 Å². The number of rotatable bonds is 6. The summed E-state index contributed by atoms with van der Waals surface area (Å²) in [5.74, 6) is 0.814. The highest BCUT2D eigenvalue weighted by Gasteiger charge is 2.35. The lowest BCUT2D eigenvalue weighted by Crippen LogP contribution is -2.48. The molecule has 2 atom stereocenters. The molecule has 1 aromatic rings. The zero-order valence-corrected chi connectivity index (χ0v) is 16.3. The third kappa shape index (κ3) is 5.77. The van der Waals surface area contributed by atoms with E-state index >= 15 is 0 Å². The Morgan fingerprint density at radius 3 is 2.64 bits per heavy atom. The predicted octanol–water partition coefficient (Wildman–Crippen LogP) is 4.83. The van der Waals surface area contributed by atoms with Gasteiger partial charge in [0.05, 0.1) is 25.2 Å². The summed E-state index contributed by atoms with van der Waals surface area (Å²) < 4.78 is 17.1. The minimum Gasteiger partial charge on any atom is -0.472 e. The van der Waals surface area contributed by atoms with Gasteiger partial charge in [-0.2, -0.15) is 0 Å². The van der Waals surface area contributed by atoms with Gasteiger partial charge in [-0.05, 0) is 44.7 Å². The van der Waals surface area contributed by atoms with Crippen molar-refractivity contribution in [2.24, 2.45) is 5.92 Å². The molecule has 5 heteroatoms. The first-order valence-corrected chi connectivity index (χ1v) is 9.45. The maximum atomic E-state index is 12.4. The number of amides is 1. The molecule has 5 nitrogen and oxygen atoms in total. The molecule has 0 radical (unpaired) electrons. The number of hydrogen-bond donors (Lipinski definition) is 0. The third-order valence-corrected chi connectivity index (χ3v) is 4.88. The Balaban J connectivity index is 2.05. The summed E-state index contributed by atoms with van der Waals surface area (Å²) in [6, 6.07) is 2.00. The van der Waals surface area contributed by atoms with Gasteiger partial charge in [-0.1, -0.05) is 26.7 Å². The second-order valence-corrected chi connectivity index (χ2v) is 7.93. The number of carbonyl (C=O) groups excluding carboxylic acids is 1. The van der Waals surface area contributed by atoms with Crippen LogP contribution in [0.1, 0.15) is 65.4 Å². The molecule has 25 heavy (non-hydrogen) atoms. The van der Waals surface area contributed by atoms with Crippen LogP contribution in [0.15, 0.2) is 23.0 Å². The topological polar surface area (TPSA) is 51.9 Å². The Morgan fingerprint density at radius 1 is 1.36 bits per heavy atom. The number of carbonyl (C=O) groups is 1. The SMILES string of the molecule is CCC(CC)COC1CN(C(=O)OC(C)(C)C)CCC1c1ccoc1. The lowest BCUT2D eigenvalue weighted by molar-refractivity contribution is -0.0400. The van der Waals surface area contributed by atoms with Crippen LogP contribution in [0.3, 0.4) is 0 Å². The highest BCUT2D eigenvalue weighted by Crippen LogP contribution is 2.32. The Kier molecular flexibility index (Phi) is 6.94. The highest BCUT2D eigenvalue weighted by molar-refractivity contribution is 5.68. The van der Waals surface area contributed by atoms with Crippen molar-refractivity contribution in [2.75, 3.05) is 19.7 Å². The van der Waals surface area contributed by atoms with Crippen molar-refractivity contribution in [1.82, 2.24) is 4.90 Å². The van der Waals surface area contributed by atoms with Crippen LogP contribution < -0.4 is 0 Å². The van der Waals surface area contributed by atoms with Gasteiger partial charge in [0.2, 0.25) is 0 Å². The van der Waals surface area contributed by atoms with Crippen LogP contribution in [0.2, 0.25) is 0 Å². The van der Waals surface area contributed by atoms with Crippen molar-refractivity contribution < 1.29 is 18.7 Å². The van der Waals surface area contributed by atoms with Crippen molar-refractivity contribution in [2.45, 2.75) is 71.5 Å². The first-order chi connectivity index (χ1) is 11.8. The molecule has 1 fully saturated rings. The molecule has 0 saturated carbocycles. The molecular weight excluding hydrogens is 318 g/mol. The monoisotopic (exact) mass is 351 g/mol. The summed E-state index contributed by atoms with van der Waals surface area (Å²) >= 11 is 0. The quantitative estimate of drug-likeness (QED) is 0.737. The van der Waals surface area contributed by atoms with Crippen molar-refractivity contribution in [3.8, 4) is 0 Å². The summed E-state index contributed by atoms with van der Waals surface area (Å²) in [6.45, 7) is 12.0. The van der Waals surface area contributed by atoms with Crippen molar-refractivity contribution in [3.63, 3.8) is 0 Å². The van der Waals surface area contributed by atoms with E-state index in [4.69, 9.17) is 13.9 Å². The molecule has 0 spiro atoms. The third-order valence-electron chi connectivity index (χ3n) is 4.88. The predicted molar refractivity (Wildman–Crippen MR) is 97.7 cm³/mol. The second kappa shape index (κ2) is 8.75. The molecule has 1 aliphatic heterocycles. The molecule has 2 rings (SSSR count). The number of ether oxygens (including phenoxy) is 2. The number of likely N-dealkylation sites (tertiary alicyclic amines) is 1. The molecule has 1 saturated heterocycles. The van der Waals surface area contributed by atoms with Gasteiger partial charge in [0.1, 0.15) is 5.60 Å². The molecule has 0 aliphatic carbocycles. The Labute approximate surface area is 151 Å². The van der Waals surface area contributed by atoms with Gasteiger partial charge in [-0.3, -0.25) is 0 Å². The van der Waals surface area contributed by atoms with Gasteiger partial charge in [0.15, 0.2) is 0 Å². The summed E-state index contributed by atoms with van der Waals surface area (Å²) in [6.07, 6.45) is 6.28. The van der Waals surface area contributed by atoms with Crippen LogP contribution >= 0.6 is 0 Å².